The molecule has 21 heavy (non-hydrogen) atoms. The van der Waals surface area contributed by atoms with Crippen molar-refractivity contribution in [1.29, 1.82) is 5.26 Å². The van der Waals surface area contributed by atoms with Crippen molar-refractivity contribution in [2.75, 3.05) is 0 Å². The molecule has 0 saturated heterocycles. The molecule has 0 spiro atoms. The molecule has 1 aliphatic rings. The van der Waals surface area contributed by atoms with E-state index in [4.69, 9.17) is 5.11 Å². The summed E-state index contributed by atoms with van der Waals surface area (Å²) in [6.07, 6.45) is 4.85. The van der Waals surface area contributed by atoms with Crippen molar-refractivity contribution in [1.82, 2.24) is 0 Å². The summed E-state index contributed by atoms with van der Waals surface area (Å²) in [5.41, 5.74) is -0.818. The van der Waals surface area contributed by atoms with Crippen LogP contribution >= 0.6 is 0 Å². The molecular formula is C17H19NO3. The minimum absolute atomic E-state index is 0.0748. The molecule has 0 radical (unpaired) electrons. The van der Waals surface area contributed by atoms with E-state index in [1.807, 2.05) is 13.8 Å². The van der Waals surface area contributed by atoms with Gasteiger partial charge in [0, 0.05) is 0 Å². The van der Waals surface area contributed by atoms with Crippen LogP contribution in [0.15, 0.2) is 30.3 Å². The number of aliphatic hydroxyl groups is 1. The van der Waals surface area contributed by atoms with Gasteiger partial charge in [-0.15, -0.1) is 0 Å². The minimum Gasteiger partial charge on any atom is -0.478 e. The zero-order chi connectivity index (χ0) is 15.7. The topological polar surface area (TPSA) is 81.3 Å². The molecule has 0 aromatic heterocycles. The van der Waals surface area contributed by atoms with Gasteiger partial charge < -0.3 is 10.2 Å². The quantitative estimate of drug-likeness (QED) is 0.871. The number of carboxylic acids is 1. The number of hydrogen-bond donors (Lipinski definition) is 2. The molecule has 4 nitrogen and oxygen atoms in total. The maximum Gasteiger partial charge on any atom is 0.335 e. The van der Waals surface area contributed by atoms with E-state index in [0.717, 1.165) is 5.56 Å². The normalized spacial score (nSPS) is 19.2. The molecule has 0 unspecified atom stereocenters. The Balaban J connectivity index is 2.25. The highest BCUT2D eigenvalue weighted by molar-refractivity contribution is 5.87. The fourth-order valence-corrected chi connectivity index (χ4v) is 2.59. The number of nitriles is 1. The van der Waals surface area contributed by atoms with Crippen LogP contribution in [0.25, 0.3) is 6.08 Å². The Morgan fingerprint density at radius 3 is 2.33 bits per heavy atom. The van der Waals surface area contributed by atoms with E-state index in [1.54, 1.807) is 24.3 Å². The lowest BCUT2D eigenvalue weighted by atomic mass is 9.76. The van der Waals surface area contributed by atoms with E-state index in [2.05, 4.69) is 6.07 Å². The van der Waals surface area contributed by atoms with Crippen molar-refractivity contribution in [3.05, 3.63) is 41.5 Å². The van der Waals surface area contributed by atoms with E-state index >= 15 is 0 Å². The van der Waals surface area contributed by atoms with Gasteiger partial charge in [0.25, 0.3) is 0 Å². The maximum atomic E-state index is 10.9. The molecule has 0 bridgehead atoms. The predicted octanol–water partition coefficient (Wildman–Crippen LogP) is 3.09. The summed E-state index contributed by atoms with van der Waals surface area (Å²) in [5.74, 6) is -1.04. The van der Waals surface area contributed by atoms with Crippen molar-refractivity contribution >= 4 is 12.0 Å². The summed E-state index contributed by atoms with van der Waals surface area (Å²) < 4.78 is 0. The lowest BCUT2D eigenvalue weighted by Crippen LogP contribution is -2.42. The van der Waals surface area contributed by atoms with Crippen LogP contribution in [0.1, 0.15) is 42.6 Å². The standard InChI is InChI=1S/C17H19NO3/c1-12(2)17(21,16(11-18)9-10-16)8-7-13-3-5-14(6-4-13)15(19)20/h3-8,12,21H,9-10H2,1-2H3,(H,19,20)/b8-7+/t17-/m0/s1. The summed E-state index contributed by atoms with van der Waals surface area (Å²) in [6, 6.07) is 8.67. The second-order valence-corrected chi connectivity index (χ2v) is 5.93. The lowest BCUT2D eigenvalue weighted by Gasteiger charge is -2.33. The molecule has 1 fully saturated rings. The molecule has 0 heterocycles. The van der Waals surface area contributed by atoms with Crippen LogP contribution < -0.4 is 0 Å². The fraction of sp³-hybridized carbons (Fsp3) is 0.412. The van der Waals surface area contributed by atoms with E-state index in [-0.39, 0.29) is 11.5 Å². The number of benzene rings is 1. The first kappa shape index (κ1) is 15.3. The van der Waals surface area contributed by atoms with Gasteiger partial charge >= 0.3 is 5.97 Å². The third-order valence-electron chi connectivity index (χ3n) is 4.30. The first-order valence-corrected chi connectivity index (χ1v) is 7.01. The molecule has 0 aliphatic heterocycles. The van der Waals surface area contributed by atoms with Crippen LogP contribution in [0, 0.1) is 22.7 Å². The maximum absolute atomic E-state index is 10.9. The minimum atomic E-state index is -1.16. The zero-order valence-corrected chi connectivity index (χ0v) is 12.2. The Bertz CT molecular complexity index is 606. The van der Waals surface area contributed by atoms with Crippen molar-refractivity contribution in [2.45, 2.75) is 32.3 Å². The highest BCUT2D eigenvalue weighted by atomic mass is 16.4. The van der Waals surface area contributed by atoms with Gasteiger partial charge in [0.15, 0.2) is 0 Å². The Kier molecular flexibility index (Phi) is 3.89. The molecule has 110 valence electrons. The van der Waals surface area contributed by atoms with Crippen LogP contribution in [0.3, 0.4) is 0 Å². The summed E-state index contributed by atoms with van der Waals surface area (Å²) in [4.78, 5) is 10.8. The SMILES string of the molecule is CC(C)[C@@](O)(/C=C/c1ccc(C(=O)O)cc1)C1(C#N)CC1. The Morgan fingerprint density at radius 1 is 1.38 bits per heavy atom. The Hall–Kier alpha value is -2.12. The molecule has 4 heteroatoms. The monoisotopic (exact) mass is 285 g/mol. The van der Waals surface area contributed by atoms with Crippen LogP contribution in [0.5, 0.6) is 0 Å². The van der Waals surface area contributed by atoms with Crippen molar-refractivity contribution in [3.8, 4) is 6.07 Å². The van der Waals surface area contributed by atoms with Gasteiger partial charge in [-0.1, -0.05) is 38.1 Å². The van der Waals surface area contributed by atoms with Crippen LogP contribution in [0.4, 0.5) is 0 Å². The van der Waals surface area contributed by atoms with Gasteiger partial charge in [-0.05, 0) is 36.5 Å². The summed E-state index contributed by atoms with van der Waals surface area (Å²) in [5, 5.41) is 29.1. The predicted molar refractivity (Wildman–Crippen MR) is 79.5 cm³/mol. The summed E-state index contributed by atoms with van der Waals surface area (Å²) in [6.45, 7) is 3.80. The van der Waals surface area contributed by atoms with Gasteiger partial charge in [0.1, 0.15) is 5.60 Å². The number of aromatic carboxylic acids is 1. The first-order valence-electron chi connectivity index (χ1n) is 7.01. The van der Waals surface area contributed by atoms with E-state index in [0.29, 0.717) is 12.8 Å². The molecule has 1 aromatic rings. The number of rotatable bonds is 5. The van der Waals surface area contributed by atoms with Gasteiger partial charge in [-0.25, -0.2) is 4.79 Å². The number of hydrogen-bond acceptors (Lipinski definition) is 3. The van der Waals surface area contributed by atoms with Gasteiger partial charge in [-0.2, -0.15) is 5.26 Å². The second-order valence-electron chi connectivity index (χ2n) is 5.93. The van der Waals surface area contributed by atoms with E-state index in [1.165, 1.54) is 12.1 Å². The van der Waals surface area contributed by atoms with Crippen molar-refractivity contribution in [3.63, 3.8) is 0 Å². The highest BCUT2D eigenvalue weighted by Crippen LogP contribution is 2.56. The number of carbonyl (C=O) groups is 1. The van der Waals surface area contributed by atoms with Gasteiger partial charge in [-0.3, -0.25) is 0 Å². The van der Waals surface area contributed by atoms with Gasteiger partial charge in [0.2, 0.25) is 0 Å². The average Bonchev–Trinajstić information content (AvgIpc) is 3.26. The largest absolute Gasteiger partial charge is 0.478 e. The van der Waals surface area contributed by atoms with Crippen LogP contribution in [0.2, 0.25) is 0 Å². The Labute approximate surface area is 124 Å². The van der Waals surface area contributed by atoms with E-state index < -0.39 is 17.0 Å². The summed E-state index contributed by atoms with van der Waals surface area (Å²) in [7, 11) is 0. The second kappa shape index (κ2) is 5.34. The number of carboxylic acid groups (broad SMARTS) is 1. The zero-order valence-electron chi connectivity index (χ0n) is 12.2. The molecule has 2 rings (SSSR count). The first-order chi connectivity index (χ1) is 9.84. The molecular weight excluding hydrogens is 266 g/mol. The summed E-state index contributed by atoms with van der Waals surface area (Å²) >= 11 is 0. The van der Waals surface area contributed by atoms with Gasteiger partial charge in [0.05, 0.1) is 17.0 Å². The molecule has 1 atom stereocenters. The highest BCUT2D eigenvalue weighted by Gasteiger charge is 2.59. The molecule has 0 amide bonds. The molecule has 1 aliphatic carbocycles. The Morgan fingerprint density at radius 2 is 1.95 bits per heavy atom. The van der Waals surface area contributed by atoms with Crippen LogP contribution in [-0.2, 0) is 0 Å². The molecule has 1 saturated carbocycles. The third-order valence-corrected chi connectivity index (χ3v) is 4.30. The lowest BCUT2D eigenvalue weighted by molar-refractivity contribution is -0.00417. The number of nitrogens with zero attached hydrogens (tertiary/aromatic N) is 1. The van der Waals surface area contributed by atoms with E-state index in [9.17, 15) is 15.2 Å². The fourth-order valence-electron chi connectivity index (χ4n) is 2.59. The van der Waals surface area contributed by atoms with Crippen molar-refractivity contribution < 1.29 is 15.0 Å². The smallest absolute Gasteiger partial charge is 0.335 e. The molecule has 2 N–H and O–H groups in total. The average molecular weight is 285 g/mol. The van der Waals surface area contributed by atoms with Crippen LogP contribution in [-0.4, -0.2) is 21.8 Å². The van der Waals surface area contributed by atoms with Crippen molar-refractivity contribution in [2.24, 2.45) is 11.3 Å². The molecule has 1 aromatic carbocycles. The third kappa shape index (κ3) is 2.70.